The van der Waals surface area contributed by atoms with Crippen LogP contribution in [0.1, 0.15) is 29.9 Å². The highest BCUT2D eigenvalue weighted by Crippen LogP contribution is 2.41. The summed E-state index contributed by atoms with van der Waals surface area (Å²) in [6, 6.07) is 16.0. The molecule has 0 aliphatic heterocycles. The predicted octanol–water partition coefficient (Wildman–Crippen LogP) is 4.38. The van der Waals surface area contributed by atoms with Crippen molar-refractivity contribution >= 4 is 10.9 Å². The average molecular weight is 275 g/mol. The molecule has 0 radical (unpaired) electrons. The summed E-state index contributed by atoms with van der Waals surface area (Å²) in [4.78, 5) is 15.6. The summed E-state index contributed by atoms with van der Waals surface area (Å²) in [5, 5.41) is 0.744. The summed E-state index contributed by atoms with van der Waals surface area (Å²) < 4.78 is 0. The van der Waals surface area contributed by atoms with Crippen LogP contribution >= 0.6 is 0 Å². The molecule has 1 heterocycles. The third-order valence-electron chi connectivity index (χ3n) is 4.33. The van der Waals surface area contributed by atoms with Crippen LogP contribution in [0.2, 0.25) is 0 Å². The lowest BCUT2D eigenvalue weighted by Gasteiger charge is -2.09. The molecule has 2 heteroatoms. The number of rotatable bonds is 2. The number of fused-ring (bicyclic) bond motifs is 1. The van der Waals surface area contributed by atoms with Gasteiger partial charge in [-0.2, -0.15) is 0 Å². The molecule has 3 aromatic rings. The van der Waals surface area contributed by atoms with Gasteiger partial charge in [-0.3, -0.25) is 4.79 Å². The molecule has 2 nitrogen and oxygen atoms in total. The molecule has 1 aliphatic carbocycles. The average Bonchev–Trinajstić information content (AvgIpc) is 3.32. The van der Waals surface area contributed by atoms with E-state index in [1.165, 1.54) is 24.0 Å². The maximum Gasteiger partial charge on any atom is 0.190 e. The van der Waals surface area contributed by atoms with E-state index in [4.69, 9.17) is 0 Å². The quantitative estimate of drug-likeness (QED) is 0.739. The summed E-state index contributed by atoms with van der Waals surface area (Å²) in [5.41, 5.74) is 5.64. The van der Waals surface area contributed by atoms with Crippen molar-refractivity contribution in [1.29, 1.82) is 0 Å². The zero-order chi connectivity index (χ0) is 14.4. The van der Waals surface area contributed by atoms with Crippen LogP contribution in [0.4, 0.5) is 0 Å². The van der Waals surface area contributed by atoms with Crippen LogP contribution in [0, 0.1) is 6.92 Å². The maximum absolute atomic E-state index is 12.2. The Labute approximate surface area is 123 Å². The van der Waals surface area contributed by atoms with Crippen LogP contribution in [-0.4, -0.2) is 4.98 Å². The lowest BCUT2D eigenvalue weighted by molar-refractivity contribution is 1.12. The van der Waals surface area contributed by atoms with E-state index in [1.807, 2.05) is 24.3 Å². The van der Waals surface area contributed by atoms with Gasteiger partial charge in [-0.15, -0.1) is 0 Å². The maximum atomic E-state index is 12.2. The molecule has 1 N–H and O–H groups in total. The van der Waals surface area contributed by atoms with Crippen molar-refractivity contribution < 1.29 is 0 Å². The van der Waals surface area contributed by atoms with Gasteiger partial charge in [-0.1, -0.05) is 30.3 Å². The number of pyridine rings is 1. The lowest BCUT2D eigenvalue weighted by atomic mass is 9.99. The first-order valence-electron chi connectivity index (χ1n) is 7.45. The predicted molar refractivity (Wildman–Crippen MR) is 86.7 cm³/mol. The van der Waals surface area contributed by atoms with Gasteiger partial charge in [0.15, 0.2) is 5.43 Å². The van der Waals surface area contributed by atoms with Gasteiger partial charge in [-0.25, -0.2) is 0 Å². The number of aryl methyl sites for hydroxylation is 1. The second-order valence-electron chi connectivity index (χ2n) is 5.94. The van der Waals surface area contributed by atoms with Crippen LogP contribution in [0.25, 0.3) is 22.2 Å². The zero-order valence-corrected chi connectivity index (χ0v) is 12.0. The largest absolute Gasteiger partial charge is 0.354 e. The molecule has 1 fully saturated rings. The normalized spacial score (nSPS) is 14.5. The molecule has 2 aromatic carbocycles. The number of benzene rings is 2. The van der Waals surface area contributed by atoms with Crippen molar-refractivity contribution in [2.24, 2.45) is 0 Å². The van der Waals surface area contributed by atoms with E-state index in [1.54, 1.807) is 6.07 Å². The van der Waals surface area contributed by atoms with E-state index in [9.17, 15) is 4.79 Å². The SMILES string of the molecule is Cc1cc(C2CC2)ccc1-c1cc(=O)c2ccccc2[nH]1. The summed E-state index contributed by atoms with van der Waals surface area (Å²) in [6.45, 7) is 2.12. The van der Waals surface area contributed by atoms with Crippen molar-refractivity contribution in [3.05, 3.63) is 69.9 Å². The van der Waals surface area contributed by atoms with E-state index >= 15 is 0 Å². The molecule has 1 saturated carbocycles. The first kappa shape index (κ1) is 12.4. The summed E-state index contributed by atoms with van der Waals surface area (Å²) in [6.07, 6.45) is 2.62. The van der Waals surface area contributed by atoms with Gasteiger partial charge in [0.2, 0.25) is 0 Å². The highest BCUT2D eigenvalue weighted by Gasteiger charge is 2.23. The molecule has 4 rings (SSSR count). The Morgan fingerprint density at radius 2 is 1.86 bits per heavy atom. The summed E-state index contributed by atoms with van der Waals surface area (Å²) >= 11 is 0. The second-order valence-corrected chi connectivity index (χ2v) is 5.94. The molecule has 1 aliphatic rings. The molecule has 21 heavy (non-hydrogen) atoms. The number of aromatic nitrogens is 1. The summed E-state index contributed by atoms with van der Waals surface area (Å²) in [7, 11) is 0. The fourth-order valence-electron chi connectivity index (χ4n) is 3.00. The smallest absolute Gasteiger partial charge is 0.190 e. The van der Waals surface area contributed by atoms with E-state index in [2.05, 4.69) is 30.1 Å². The third-order valence-corrected chi connectivity index (χ3v) is 4.33. The van der Waals surface area contributed by atoms with Gasteiger partial charge >= 0.3 is 0 Å². The van der Waals surface area contributed by atoms with Gasteiger partial charge in [-0.05, 0) is 48.9 Å². The molecule has 0 bridgehead atoms. The monoisotopic (exact) mass is 275 g/mol. The number of para-hydroxylation sites is 1. The molecule has 0 saturated heterocycles. The van der Waals surface area contributed by atoms with Crippen LogP contribution < -0.4 is 5.43 Å². The summed E-state index contributed by atoms with van der Waals surface area (Å²) in [5.74, 6) is 0.758. The van der Waals surface area contributed by atoms with E-state index in [0.29, 0.717) is 0 Å². The van der Waals surface area contributed by atoms with Gasteiger partial charge in [0, 0.05) is 28.2 Å². The first-order valence-corrected chi connectivity index (χ1v) is 7.45. The Balaban J connectivity index is 1.88. The van der Waals surface area contributed by atoms with Gasteiger partial charge < -0.3 is 4.98 Å². The number of H-pyrrole nitrogens is 1. The Bertz CT molecular complexity index is 887. The van der Waals surface area contributed by atoms with Crippen LogP contribution in [-0.2, 0) is 0 Å². The second kappa shape index (κ2) is 4.59. The standard InChI is InChI=1S/C19H17NO/c1-12-10-14(13-6-7-13)8-9-15(12)18-11-19(21)16-4-2-3-5-17(16)20-18/h2-5,8-11,13H,6-7H2,1H3,(H,20,21). The highest BCUT2D eigenvalue weighted by molar-refractivity contribution is 5.81. The minimum Gasteiger partial charge on any atom is -0.354 e. The van der Waals surface area contributed by atoms with Crippen LogP contribution in [0.15, 0.2) is 53.3 Å². The molecular weight excluding hydrogens is 258 g/mol. The topological polar surface area (TPSA) is 32.9 Å². The number of aromatic amines is 1. The number of nitrogens with one attached hydrogen (secondary N) is 1. The van der Waals surface area contributed by atoms with Crippen molar-refractivity contribution in [3.8, 4) is 11.3 Å². The fraction of sp³-hybridized carbons (Fsp3) is 0.211. The van der Waals surface area contributed by atoms with Crippen molar-refractivity contribution in [3.63, 3.8) is 0 Å². The Kier molecular flexibility index (Phi) is 2.71. The molecule has 104 valence electrons. The van der Waals surface area contributed by atoms with E-state index in [0.717, 1.165) is 28.1 Å². The molecule has 0 unspecified atom stereocenters. The highest BCUT2D eigenvalue weighted by atomic mass is 16.1. The van der Waals surface area contributed by atoms with Gasteiger partial charge in [0.25, 0.3) is 0 Å². The minimum atomic E-state index is 0.0741. The van der Waals surface area contributed by atoms with E-state index in [-0.39, 0.29) is 5.43 Å². The van der Waals surface area contributed by atoms with E-state index < -0.39 is 0 Å². The fourth-order valence-corrected chi connectivity index (χ4v) is 3.00. The van der Waals surface area contributed by atoms with Crippen molar-refractivity contribution in [1.82, 2.24) is 4.98 Å². The Morgan fingerprint density at radius 1 is 1.05 bits per heavy atom. The van der Waals surface area contributed by atoms with Crippen LogP contribution in [0.3, 0.4) is 0 Å². The Morgan fingerprint density at radius 3 is 2.62 bits per heavy atom. The molecule has 0 spiro atoms. The lowest BCUT2D eigenvalue weighted by Crippen LogP contribution is -2.03. The van der Waals surface area contributed by atoms with Gasteiger partial charge in [0.1, 0.15) is 0 Å². The van der Waals surface area contributed by atoms with Crippen LogP contribution in [0.5, 0.6) is 0 Å². The zero-order valence-electron chi connectivity index (χ0n) is 12.0. The first-order chi connectivity index (χ1) is 10.2. The van der Waals surface area contributed by atoms with Crippen molar-refractivity contribution in [2.75, 3.05) is 0 Å². The van der Waals surface area contributed by atoms with Gasteiger partial charge in [0.05, 0.1) is 0 Å². The molecule has 0 amide bonds. The van der Waals surface area contributed by atoms with Crippen molar-refractivity contribution in [2.45, 2.75) is 25.7 Å². The number of hydrogen-bond donors (Lipinski definition) is 1. The molecule has 0 atom stereocenters. The molecule has 1 aromatic heterocycles. The minimum absolute atomic E-state index is 0.0741. The number of hydrogen-bond acceptors (Lipinski definition) is 1. The Hall–Kier alpha value is -2.35. The third kappa shape index (κ3) is 2.17. The molecular formula is C19H17NO.